The lowest BCUT2D eigenvalue weighted by atomic mass is 9.94. The molecule has 0 bridgehead atoms. The first-order valence-corrected chi connectivity index (χ1v) is 11.5. The molecule has 0 unspecified atom stereocenters. The standard InChI is InChI=1S/C24H27N5O2/c1-2-4-20-16(3-1)21(19(12-30-20)29-9-10-31-24(13-29)7-8-24)28-23-17-11-18(15-5-6-15)27-22(17)25-14-26-23/h1-4,11,14-15,19,21H,5-10,12-13H2,(H2,25,26,27,28)/t19-,21-/m0/s1. The van der Waals surface area contributed by atoms with Crippen LogP contribution in [0.25, 0.3) is 11.0 Å². The molecule has 2 N–H and O–H groups in total. The number of rotatable bonds is 4. The van der Waals surface area contributed by atoms with E-state index in [1.165, 1.54) is 36.9 Å². The molecule has 4 heterocycles. The second-order valence-electron chi connectivity index (χ2n) is 9.52. The lowest BCUT2D eigenvalue weighted by Gasteiger charge is -2.44. The van der Waals surface area contributed by atoms with Gasteiger partial charge in [-0.25, -0.2) is 9.97 Å². The minimum absolute atomic E-state index is 0.0851. The molecule has 1 aromatic carbocycles. The van der Waals surface area contributed by atoms with Crippen LogP contribution in [-0.2, 0) is 4.74 Å². The topological polar surface area (TPSA) is 75.3 Å². The lowest BCUT2D eigenvalue weighted by molar-refractivity contribution is -0.0696. The van der Waals surface area contributed by atoms with Crippen molar-refractivity contribution in [2.24, 2.45) is 0 Å². The number of nitrogens with zero attached hydrogens (tertiary/aromatic N) is 3. The van der Waals surface area contributed by atoms with Gasteiger partial charge >= 0.3 is 0 Å². The van der Waals surface area contributed by atoms with Crippen molar-refractivity contribution in [3.8, 4) is 5.75 Å². The van der Waals surface area contributed by atoms with Gasteiger partial charge in [-0.05, 0) is 43.7 Å². The Labute approximate surface area is 181 Å². The predicted octanol–water partition coefficient (Wildman–Crippen LogP) is 3.61. The minimum atomic E-state index is 0.0851. The van der Waals surface area contributed by atoms with E-state index >= 15 is 0 Å². The highest BCUT2D eigenvalue weighted by atomic mass is 16.5. The molecule has 31 heavy (non-hydrogen) atoms. The molecule has 2 aliphatic heterocycles. The maximum absolute atomic E-state index is 6.22. The summed E-state index contributed by atoms with van der Waals surface area (Å²) in [7, 11) is 0. The number of aromatic amines is 1. The van der Waals surface area contributed by atoms with Crippen molar-refractivity contribution in [3.63, 3.8) is 0 Å². The molecule has 2 atom stereocenters. The number of anilines is 1. The monoisotopic (exact) mass is 417 g/mol. The Balaban J connectivity index is 1.26. The van der Waals surface area contributed by atoms with Crippen LogP contribution in [0.15, 0.2) is 36.7 Å². The van der Waals surface area contributed by atoms with E-state index in [0.717, 1.165) is 42.3 Å². The fourth-order valence-electron chi connectivity index (χ4n) is 5.27. The van der Waals surface area contributed by atoms with Crippen LogP contribution in [0.3, 0.4) is 0 Å². The van der Waals surface area contributed by atoms with Crippen molar-refractivity contribution in [1.29, 1.82) is 0 Å². The molecule has 0 amide bonds. The smallest absolute Gasteiger partial charge is 0.143 e. The Morgan fingerprint density at radius 1 is 1.16 bits per heavy atom. The van der Waals surface area contributed by atoms with Gasteiger partial charge in [0.2, 0.25) is 0 Å². The van der Waals surface area contributed by atoms with Crippen molar-refractivity contribution in [2.75, 3.05) is 31.6 Å². The summed E-state index contributed by atoms with van der Waals surface area (Å²) in [5.41, 5.74) is 3.48. The van der Waals surface area contributed by atoms with E-state index in [2.05, 4.69) is 49.4 Å². The lowest BCUT2D eigenvalue weighted by Crippen LogP contribution is -2.55. The number of benzene rings is 1. The van der Waals surface area contributed by atoms with Crippen molar-refractivity contribution < 1.29 is 9.47 Å². The summed E-state index contributed by atoms with van der Waals surface area (Å²) in [6.45, 7) is 3.38. The molecular weight excluding hydrogens is 390 g/mol. The normalized spacial score (nSPS) is 27.1. The summed E-state index contributed by atoms with van der Waals surface area (Å²) in [6.07, 6.45) is 6.53. The molecule has 2 aromatic heterocycles. The van der Waals surface area contributed by atoms with E-state index in [1.54, 1.807) is 6.33 Å². The summed E-state index contributed by atoms with van der Waals surface area (Å²) in [4.78, 5) is 15.2. The molecule has 7 rings (SSSR count). The highest BCUT2D eigenvalue weighted by Crippen LogP contribution is 2.45. The van der Waals surface area contributed by atoms with Crippen LogP contribution in [0.1, 0.15) is 48.9 Å². The minimum Gasteiger partial charge on any atom is -0.491 e. The number of para-hydroxylation sites is 1. The first-order valence-electron chi connectivity index (χ1n) is 11.5. The molecule has 1 spiro atoms. The fraction of sp³-hybridized carbons (Fsp3) is 0.500. The van der Waals surface area contributed by atoms with Crippen LogP contribution >= 0.6 is 0 Å². The highest BCUT2D eigenvalue weighted by Gasteiger charge is 2.50. The molecule has 160 valence electrons. The Bertz CT molecular complexity index is 1140. The van der Waals surface area contributed by atoms with Gasteiger partial charge in [0.1, 0.15) is 30.1 Å². The average molecular weight is 418 g/mol. The van der Waals surface area contributed by atoms with E-state index in [9.17, 15) is 0 Å². The van der Waals surface area contributed by atoms with Gasteiger partial charge in [0, 0.05) is 24.3 Å². The molecule has 1 saturated heterocycles. The summed E-state index contributed by atoms with van der Waals surface area (Å²) in [5, 5.41) is 4.89. The Hall–Kier alpha value is -2.64. The number of aromatic nitrogens is 3. The molecule has 4 aliphatic rings. The number of hydrogen-bond acceptors (Lipinski definition) is 6. The maximum atomic E-state index is 6.22. The number of morpholine rings is 1. The molecule has 3 fully saturated rings. The third kappa shape index (κ3) is 3.10. The van der Waals surface area contributed by atoms with Crippen LogP contribution in [0, 0.1) is 0 Å². The fourth-order valence-corrected chi connectivity index (χ4v) is 5.27. The van der Waals surface area contributed by atoms with Crippen LogP contribution in [0.2, 0.25) is 0 Å². The maximum Gasteiger partial charge on any atom is 0.143 e. The molecule has 3 aromatic rings. The third-order valence-electron chi connectivity index (χ3n) is 7.36. The number of hydrogen-bond donors (Lipinski definition) is 2. The Morgan fingerprint density at radius 3 is 2.94 bits per heavy atom. The Morgan fingerprint density at radius 2 is 2.06 bits per heavy atom. The summed E-state index contributed by atoms with van der Waals surface area (Å²) >= 11 is 0. The van der Waals surface area contributed by atoms with Gasteiger partial charge in [-0.3, -0.25) is 4.90 Å². The quantitative estimate of drug-likeness (QED) is 0.675. The molecule has 0 radical (unpaired) electrons. The van der Waals surface area contributed by atoms with Gasteiger partial charge < -0.3 is 19.8 Å². The van der Waals surface area contributed by atoms with E-state index < -0.39 is 0 Å². The number of ether oxygens (including phenoxy) is 2. The summed E-state index contributed by atoms with van der Waals surface area (Å²) in [6, 6.07) is 10.9. The van der Waals surface area contributed by atoms with Crippen molar-refractivity contribution >= 4 is 16.9 Å². The van der Waals surface area contributed by atoms with E-state index in [-0.39, 0.29) is 17.7 Å². The predicted molar refractivity (Wildman–Crippen MR) is 117 cm³/mol. The van der Waals surface area contributed by atoms with Crippen LogP contribution in [-0.4, -0.2) is 57.8 Å². The zero-order valence-corrected chi connectivity index (χ0v) is 17.5. The third-order valence-corrected chi connectivity index (χ3v) is 7.36. The van der Waals surface area contributed by atoms with Crippen molar-refractivity contribution in [3.05, 3.63) is 47.9 Å². The van der Waals surface area contributed by atoms with E-state index in [1.807, 2.05) is 6.07 Å². The largest absolute Gasteiger partial charge is 0.491 e. The average Bonchev–Trinajstić information content (AvgIpc) is 3.73. The van der Waals surface area contributed by atoms with Crippen molar-refractivity contribution in [1.82, 2.24) is 19.9 Å². The van der Waals surface area contributed by atoms with E-state index in [4.69, 9.17) is 9.47 Å². The number of fused-ring (bicyclic) bond motifs is 2. The number of nitrogens with one attached hydrogen (secondary N) is 2. The van der Waals surface area contributed by atoms with Crippen LogP contribution in [0.4, 0.5) is 5.82 Å². The van der Waals surface area contributed by atoms with Gasteiger partial charge in [-0.1, -0.05) is 18.2 Å². The first-order chi connectivity index (χ1) is 15.3. The van der Waals surface area contributed by atoms with Crippen molar-refractivity contribution in [2.45, 2.75) is 49.3 Å². The number of H-pyrrole nitrogens is 1. The summed E-state index contributed by atoms with van der Waals surface area (Å²) in [5.74, 6) is 2.51. The summed E-state index contributed by atoms with van der Waals surface area (Å²) < 4.78 is 12.3. The van der Waals surface area contributed by atoms with Crippen LogP contribution < -0.4 is 10.1 Å². The molecule has 2 aliphatic carbocycles. The van der Waals surface area contributed by atoms with E-state index in [0.29, 0.717) is 12.5 Å². The SMILES string of the molecule is c1ccc2c(c1)OC[C@H](N1CCOC3(CC3)C1)[C@H]2Nc1ncnc2[nH]c(C3CC3)cc12. The van der Waals surface area contributed by atoms with Gasteiger partial charge in [0.25, 0.3) is 0 Å². The van der Waals surface area contributed by atoms with Gasteiger partial charge in [0.05, 0.1) is 29.7 Å². The second kappa shape index (κ2) is 6.68. The van der Waals surface area contributed by atoms with Gasteiger partial charge in [0.15, 0.2) is 0 Å². The molecule has 7 nitrogen and oxygen atoms in total. The second-order valence-corrected chi connectivity index (χ2v) is 9.52. The highest BCUT2D eigenvalue weighted by molar-refractivity contribution is 5.88. The van der Waals surface area contributed by atoms with Crippen LogP contribution in [0.5, 0.6) is 5.75 Å². The molecule has 7 heteroatoms. The first kappa shape index (κ1) is 18.0. The van der Waals surface area contributed by atoms with Gasteiger partial charge in [-0.2, -0.15) is 0 Å². The zero-order valence-electron chi connectivity index (χ0n) is 17.5. The Kier molecular flexibility index (Phi) is 3.87. The molecular formula is C24H27N5O2. The van der Waals surface area contributed by atoms with Gasteiger partial charge in [-0.15, -0.1) is 0 Å². The zero-order chi connectivity index (χ0) is 20.4. The molecule has 2 saturated carbocycles.